The largest absolute Gasteiger partial charge is 0.336 e. The molecule has 0 saturated heterocycles. The average molecular weight is 257 g/mol. The van der Waals surface area contributed by atoms with E-state index in [0.717, 1.165) is 22.9 Å². The van der Waals surface area contributed by atoms with Gasteiger partial charge in [-0.15, -0.1) is 0 Å². The van der Waals surface area contributed by atoms with Crippen molar-refractivity contribution in [2.45, 2.75) is 19.4 Å². The average Bonchev–Trinajstić information content (AvgIpc) is 2.45. The van der Waals surface area contributed by atoms with Crippen LogP contribution in [0.5, 0.6) is 0 Å². The van der Waals surface area contributed by atoms with Crippen molar-refractivity contribution in [3.05, 3.63) is 42.5 Å². The monoisotopic (exact) mass is 257 g/mol. The summed E-state index contributed by atoms with van der Waals surface area (Å²) in [6.45, 7) is 2.47. The van der Waals surface area contributed by atoms with Gasteiger partial charge in [0.15, 0.2) is 0 Å². The predicted molar refractivity (Wildman–Crippen MR) is 79.2 cm³/mol. The third kappa shape index (κ3) is 3.45. The van der Waals surface area contributed by atoms with Crippen molar-refractivity contribution in [2.24, 2.45) is 5.73 Å². The fourth-order valence-electron chi connectivity index (χ4n) is 1.87. The smallest absolute Gasteiger partial charge is 0.319 e. The Hall–Kier alpha value is -2.07. The molecule has 0 heterocycles. The molecule has 1 atom stereocenters. The highest BCUT2D eigenvalue weighted by atomic mass is 16.2. The maximum Gasteiger partial charge on any atom is 0.319 e. The van der Waals surface area contributed by atoms with Gasteiger partial charge in [-0.3, -0.25) is 0 Å². The van der Waals surface area contributed by atoms with Gasteiger partial charge in [0.1, 0.15) is 0 Å². The summed E-state index contributed by atoms with van der Waals surface area (Å²) in [5, 5.41) is 7.76. The molecule has 0 bridgehead atoms. The molecule has 0 saturated carbocycles. The molecule has 1 unspecified atom stereocenters. The number of fused-ring (bicyclic) bond motifs is 1. The molecular formula is C15H19N3O. The van der Waals surface area contributed by atoms with Crippen LogP contribution in [0.25, 0.3) is 10.8 Å². The molecule has 0 aliphatic heterocycles. The number of anilines is 1. The molecule has 0 spiro atoms. The van der Waals surface area contributed by atoms with Crippen molar-refractivity contribution in [1.29, 1.82) is 0 Å². The standard InChI is InChI=1S/C15H19N3O/c1-2-12(16)10-17-15(19)18-14-9-5-7-11-6-3-4-8-13(11)14/h3-9,12H,2,10,16H2,1H3,(H2,17,18,19). The third-order valence-electron chi connectivity index (χ3n) is 3.09. The lowest BCUT2D eigenvalue weighted by Gasteiger charge is -2.12. The second kappa shape index (κ2) is 6.20. The zero-order valence-electron chi connectivity index (χ0n) is 11.0. The Morgan fingerprint density at radius 2 is 1.95 bits per heavy atom. The minimum atomic E-state index is -0.222. The number of rotatable bonds is 4. The lowest BCUT2D eigenvalue weighted by molar-refractivity contribution is 0.251. The molecule has 2 amide bonds. The quantitative estimate of drug-likeness (QED) is 0.788. The van der Waals surface area contributed by atoms with Crippen molar-refractivity contribution in [3.63, 3.8) is 0 Å². The molecular weight excluding hydrogens is 238 g/mol. The van der Waals surface area contributed by atoms with Crippen molar-refractivity contribution < 1.29 is 4.79 Å². The molecule has 4 nitrogen and oxygen atoms in total. The van der Waals surface area contributed by atoms with Gasteiger partial charge in [-0.2, -0.15) is 0 Å². The third-order valence-corrected chi connectivity index (χ3v) is 3.09. The normalized spacial score (nSPS) is 12.1. The summed E-state index contributed by atoms with van der Waals surface area (Å²) in [7, 11) is 0. The van der Waals surface area contributed by atoms with E-state index in [2.05, 4.69) is 10.6 Å². The van der Waals surface area contributed by atoms with Gasteiger partial charge >= 0.3 is 6.03 Å². The summed E-state index contributed by atoms with van der Waals surface area (Å²) in [5.74, 6) is 0. The number of carbonyl (C=O) groups is 1. The van der Waals surface area contributed by atoms with E-state index >= 15 is 0 Å². The number of hydrogen-bond acceptors (Lipinski definition) is 2. The molecule has 0 aliphatic rings. The van der Waals surface area contributed by atoms with Gasteiger partial charge in [0, 0.05) is 18.0 Å². The van der Waals surface area contributed by atoms with E-state index in [0.29, 0.717) is 6.54 Å². The van der Waals surface area contributed by atoms with Crippen LogP contribution in [0.1, 0.15) is 13.3 Å². The van der Waals surface area contributed by atoms with Crippen molar-refractivity contribution >= 4 is 22.5 Å². The Kier molecular flexibility index (Phi) is 4.36. The first kappa shape index (κ1) is 13.4. The lowest BCUT2D eigenvalue weighted by Crippen LogP contribution is -2.38. The number of hydrogen-bond donors (Lipinski definition) is 3. The van der Waals surface area contributed by atoms with Gasteiger partial charge in [0.05, 0.1) is 5.69 Å². The number of carbonyl (C=O) groups excluding carboxylic acids is 1. The van der Waals surface area contributed by atoms with Crippen molar-refractivity contribution in [2.75, 3.05) is 11.9 Å². The Balaban J connectivity index is 2.07. The molecule has 0 radical (unpaired) electrons. The molecule has 4 N–H and O–H groups in total. The number of nitrogens with two attached hydrogens (primary N) is 1. The zero-order valence-corrected chi connectivity index (χ0v) is 11.0. The number of amides is 2. The Labute approximate surface area is 113 Å². The minimum absolute atomic E-state index is 0.00160. The Morgan fingerprint density at radius 1 is 1.21 bits per heavy atom. The van der Waals surface area contributed by atoms with Crippen molar-refractivity contribution in [3.8, 4) is 0 Å². The molecule has 2 aromatic carbocycles. The van der Waals surface area contributed by atoms with E-state index in [1.165, 1.54) is 0 Å². The minimum Gasteiger partial charge on any atom is -0.336 e. The van der Waals surface area contributed by atoms with Gasteiger partial charge < -0.3 is 16.4 Å². The fourth-order valence-corrected chi connectivity index (χ4v) is 1.87. The van der Waals surface area contributed by atoms with Gasteiger partial charge in [-0.05, 0) is 17.9 Å². The molecule has 100 valence electrons. The number of benzene rings is 2. The van der Waals surface area contributed by atoms with E-state index in [9.17, 15) is 4.79 Å². The van der Waals surface area contributed by atoms with Gasteiger partial charge in [0.25, 0.3) is 0 Å². The van der Waals surface area contributed by atoms with Crippen LogP contribution in [-0.2, 0) is 0 Å². The zero-order chi connectivity index (χ0) is 13.7. The van der Waals surface area contributed by atoms with Gasteiger partial charge in [-0.1, -0.05) is 43.3 Å². The summed E-state index contributed by atoms with van der Waals surface area (Å²) in [5.41, 5.74) is 6.57. The van der Waals surface area contributed by atoms with E-state index in [4.69, 9.17) is 5.73 Å². The Bertz CT molecular complexity index is 563. The summed E-state index contributed by atoms with van der Waals surface area (Å²) >= 11 is 0. The van der Waals surface area contributed by atoms with E-state index in [-0.39, 0.29) is 12.1 Å². The van der Waals surface area contributed by atoms with Crippen LogP contribution in [0.15, 0.2) is 42.5 Å². The lowest BCUT2D eigenvalue weighted by atomic mass is 10.1. The van der Waals surface area contributed by atoms with E-state index in [1.54, 1.807) is 0 Å². The first-order valence-electron chi connectivity index (χ1n) is 6.49. The van der Waals surface area contributed by atoms with Crippen LogP contribution in [0, 0.1) is 0 Å². The molecule has 0 aromatic heterocycles. The maximum absolute atomic E-state index is 11.8. The van der Waals surface area contributed by atoms with E-state index < -0.39 is 0 Å². The van der Waals surface area contributed by atoms with Crippen LogP contribution < -0.4 is 16.4 Å². The number of urea groups is 1. The summed E-state index contributed by atoms with van der Waals surface area (Å²) < 4.78 is 0. The van der Waals surface area contributed by atoms with Crippen LogP contribution in [0.4, 0.5) is 10.5 Å². The van der Waals surface area contributed by atoms with Crippen molar-refractivity contribution in [1.82, 2.24) is 5.32 Å². The highest BCUT2D eigenvalue weighted by molar-refractivity contribution is 6.01. The number of nitrogens with one attached hydrogen (secondary N) is 2. The highest BCUT2D eigenvalue weighted by Gasteiger charge is 2.06. The second-order valence-corrected chi connectivity index (χ2v) is 4.53. The summed E-state index contributed by atoms with van der Waals surface area (Å²) in [4.78, 5) is 11.8. The van der Waals surface area contributed by atoms with Crippen LogP contribution in [0.2, 0.25) is 0 Å². The second-order valence-electron chi connectivity index (χ2n) is 4.53. The first-order chi connectivity index (χ1) is 9.20. The molecule has 0 fully saturated rings. The van der Waals surface area contributed by atoms with Crippen LogP contribution >= 0.6 is 0 Å². The molecule has 0 aliphatic carbocycles. The highest BCUT2D eigenvalue weighted by Crippen LogP contribution is 2.22. The molecule has 2 aromatic rings. The summed E-state index contributed by atoms with van der Waals surface area (Å²) in [6.07, 6.45) is 0.842. The van der Waals surface area contributed by atoms with Gasteiger partial charge in [-0.25, -0.2) is 4.79 Å². The Morgan fingerprint density at radius 3 is 2.74 bits per heavy atom. The van der Waals surface area contributed by atoms with E-state index in [1.807, 2.05) is 49.4 Å². The maximum atomic E-state index is 11.8. The fraction of sp³-hybridized carbons (Fsp3) is 0.267. The molecule has 2 rings (SSSR count). The molecule has 4 heteroatoms. The summed E-state index contributed by atoms with van der Waals surface area (Å²) in [6, 6.07) is 13.6. The van der Waals surface area contributed by atoms with Gasteiger partial charge in [0.2, 0.25) is 0 Å². The van der Waals surface area contributed by atoms with Crippen LogP contribution in [-0.4, -0.2) is 18.6 Å². The SMILES string of the molecule is CCC(N)CNC(=O)Nc1cccc2ccccc12. The van der Waals surface area contributed by atoms with Crippen LogP contribution in [0.3, 0.4) is 0 Å². The first-order valence-corrected chi connectivity index (χ1v) is 6.49. The topological polar surface area (TPSA) is 67.1 Å². The molecule has 19 heavy (non-hydrogen) atoms. The predicted octanol–water partition coefficient (Wildman–Crippen LogP) is 2.70.